The van der Waals surface area contributed by atoms with E-state index in [-0.39, 0.29) is 18.4 Å². The second-order valence-electron chi connectivity index (χ2n) is 4.81. The summed E-state index contributed by atoms with van der Waals surface area (Å²) in [6.07, 6.45) is 2.06. The number of carbonyl (C=O) groups is 1. The van der Waals surface area contributed by atoms with E-state index in [2.05, 4.69) is 24.3 Å². The van der Waals surface area contributed by atoms with Crippen molar-refractivity contribution in [2.75, 3.05) is 13.7 Å². The number of nitrogens with one attached hydrogen (secondary N) is 1. The molecule has 0 aromatic carbocycles. The third-order valence-corrected chi connectivity index (χ3v) is 3.45. The van der Waals surface area contributed by atoms with Gasteiger partial charge in [0.2, 0.25) is 5.91 Å². The number of ether oxygens (including phenoxy) is 1. The third kappa shape index (κ3) is 4.94. The summed E-state index contributed by atoms with van der Waals surface area (Å²) < 4.78 is 10.3. The molecule has 1 amide bonds. The summed E-state index contributed by atoms with van der Waals surface area (Å²) in [6.45, 7) is 4.92. The number of amides is 1. The van der Waals surface area contributed by atoms with Crippen molar-refractivity contribution in [1.29, 1.82) is 0 Å². The molecule has 0 bridgehead atoms. The van der Waals surface area contributed by atoms with E-state index in [4.69, 9.17) is 15.0 Å². The maximum atomic E-state index is 11.7. The third-order valence-electron chi connectivity index (χ3n) is 3.45. The summed E-state index contributed by atoms with van der Waals surface area (Å²) in [5.74, 6) is 0.975. The van der Waals surface area contributed by atoms with E-state index in [0.717, 1.165) is 18.5 Å². The van der Waals surface area contributed by atoms with Crippen molar-refractivity contribution in [3.05, 3.63) is 17.5 Å². The van der Waals surface area contributed by atoms with E-state index in [1.165, 1.54) is 0 Å². The van der Waals surface area contributed by atoms with Crippen LogP contribution in [0.3, 0.4) is 0 Å². The van der Waals surface area contributed by atoms with E-state index >= 15 is 0 Å². The van der Waals surface area contributed by atoms with Crippen molar-refractivity contribution in [3.63, 3.8) is 0 Å². The molecule has 0 spiro atoms. The minimum absolute atomic E-state index is 0.109. The predicted molar refractivity (Wildman–Crippen MR) is 76.1 cm³/mol. The predicted octanol–water partition coefficient (Wildman–Crippen LogP) is 1.56. The summed E-state index contributed by atoms with van der Waals surface area (Å²) >= 11 is 0. The van der Waals surface area contributed by atoms with Crippen LogP contribution in [0.15, 0.2) is 10.6 Å². The van der Waals surface area contributed by atoms with Crippen LogP contribution in [-0.4, -0.2) is 30.8 Å². The number of aromatic nitrogens is 1. The minimum atomic E-state index is -0.246. The van der Waals surface area contributed by atoms with E-state index in [1.807, 2.05) is 6.07 Å². The van der Waals surface area contributed by atoms with Crippen LogP contribution in [0, 0.1) is 0 Å². The van der Waals surface area contributed by atoms with E-state index in [0.29, 0.717) is 24.8 Å². The largest absolute Gasteiger partial charge is 0.380 e. The Labute approximate surface area is 120 Å². The van der Waals surface area contributed by atoms with Crippen LogP contribution in [0.5, 0.6) is 0 Å². The Morgan fingerprint density at radius 3 is 2.75 bits per heavy atom. The Morgan fingerprint density at radius 2 is 2.20 bits per heavy atom. The van der Waals surface area contributed by atoms with Gasteiger partial charge in [-0.25, -0.2) is 0 Å². The number of carbonyl (C=O) groups excluding carboxylic acids is 1. The number of methoxy groups -OCH3 is 1. The van der Waals surface area contributed by atoms with E-state index < -0.39 is 0 Å². The van der Waals surface area contributed by atoms with Crippen LogP contribution in [0.25, 0.3) is 0 Å². The molecule has 0 saturated carbocycles. The van der Waals surface area contributed by atoms with Gasteiger partial charge in [-0.1, -0.05) is 19.0 Å². The number of nitrogens with zero attached hydrogens (tertiary/aromatic N) is 1. The monoisotopic (exact) mass is 283 g/mol. The van der Waals surface area contributed by atoms with Gasteiger partial charge < -0.3 is 20.3 Å². The lowest BCUT2D eigenvalue weighted by Crippen LogP contribution is -2.31. The smallest absolute Gasteiger partial charge is 0.223 e. The summed E-state index contributed by atoms with van der Waals surface area (Å²) in [4.78, 5) is 11.7. The van der Waals surface area contributed by atoms with Crippen molar-refractivity contribution >= 4 is 5.91 Å². The second-order valence-corrected chi connectivity index (χ2v) is 4.81. The zero-order valence-electron chi connectivity index (χ0n) is 12.5. The van der Waals surface area contributed by atoms with Crippen LogP contribution in [0.1, 0.15) is 50.5 Å². The molecule has 1 rings (SSSR count). The number of hydrogen-bond donors (Lipinski definition) is 2. The van der Waals surface area contributed by atoms with E-state index in [1.54, 1.807) is 7.11 Å². The Hall–Kier alpha value is -1.40. The Balaban J connectivity index is 2.44. The molecule has 0 fully saturated rings. The minimum Gasteiger partial charge on any atom is -0.380 e. The summed E-state index contributed by atoms with van der Waals surface area (Å²) in [5, 5.41) is 6.84. The molecule has 3 N–H and O–H groups in total. The first-order valence-electron chi connectivity index (χ1n) is 7.09. The summed E-state index contributed by atoms with van der Waals surface area (Å²) in [7, 11) is 1.54. The molecule has 1 aromatic rings. The van der Waals surface area contributed by atoms with Crippen molar-refractivity contribution in [1.82, 2.24) is 10.5 Å². The van der Waals surface area contributed by atoms with Crippen molar-refractivity contribution in [2.24, 2.45) is 5.73 Å². The van der Waals surface area contributed by atoms with Gasteiger partial charge in [0.15, 0.2) is 5.76 Å². The van der Waals surface area contributed by atoms with Crippen molar-refractivity contribution < 1.29 is 14.1 Å². The van der Waals surface area contributed by atoms with Crippen LogP contribution in [0.2, 0.25) is 0 Å². The Bertz CT molecular complexity index is 398. The molecular formula is C14H25N3O3. The maximum Gasteiger partial charge on any atom is 0.223 e. The fourth-order valence-electron chi connectivity index (χ4n) is 2.04. The van der Waals surface area contributed by atoms with E-state index in [9.17, 15) is 4.79 Å². The highest BCUT2D eigenvalue weighted by atomic mass is 16.5. The number of rotatable bonds is 9. The Morgan fingerprint density at radius 1 is 1.50 bits per heavy atom. The topological polar surface area (TPSA) is 90.4 Å². The van der Waals surface area contributed by atoms with Gasteiger partial charge in [0.05, 0.1) is 24.8 Å². The molecular weight excluding hydrogens is 258 g/mol. The van der Waals surface area contributed by atoms with Crippen LogP contribution in [0.4, 0.5) is 0 Å². The van der Waals surface area contributed by atoms with Crippen LogP contribution >= 0.6 is 0 Å². The van der Waals surface area contributed by atoms with Gasteiger partial charge in [0.25, 0.3) is 0 Å². The molecule has 1 atom stereocenters. The number of nitrogens with two attached hydrogens (primary N) is 1. The molecule has 1 heterocycles. The van der Waals surface area contributed by atoms with Gasteiger partial charge in [-0.15, -0.1) is 0 Å². The lowest BCUT2D eigenvalue weighted by Gasteiger charge is -2.11. The van der Waals surface area contributed by atoms with Gasteiger partial charge in [0, 0.05) is 25.6 Å². The second kappa shape index (κ2) is 8.71. The van der Waals surface area contributed by atoms with Crippen LogP contribution < -0.4 is 11.1 Å². The maximum absolute atomic E-state index is 11.7. The molecule has 1 aromatic heterocycles. The lowest BCUT2D eigenvalue weighted by molar-refractivity contribution is -0.123. The molecule has 0 radical (unpaired) electrons. The van der Waals surface area contributed by atoms with Crippen LogP contribution in [-0.2, 0) is 16.1 Å². The first-order valence-corrected chi connectivity index (χ1v) is 7.09. The highest BCUT2D eigenvalue weighted by Crippen LogP contribution is 2.22. The molecule has 0 aliphatic heterocycles. The average molecular weight is 283 g/mol. The zero-order chi connectivity index (χ0) is 15.0. The molecule has 114 valence electrons. The first-order chi connectivity index (χ1) is 9.64. The fourth-order valence-corrected chi connectivity index (χ4v) is 2.04. The molecule has 6 heteroatoms. The van der Waals surface area contributed by atoms with Crippen molar-refractivity contribution in [2.45, 2.75) is 51.7 Å². The van der Waals surface area contributed by atoms with Gasteiger partial charge in [0.1, 0.15) is 0 Å². The Kier molecular flexibility index (Phi) is 7.25. The SMILES string of the molecule is CCC(CC)c1cc(CNC(=O)CC(CN)OC)on1. The average Bonchev–Trinajstić information content (AvgIpc) is 2.92. The molecule has 6 nitrogen and oxygen atoms in total. The van der Waals surface area contributed by atoms with Gasteiger partial charge in [-0.05, 0) is 12.8 Å². The quantitative estimate of drug-likeness (QED) is 0.717. The highest BCUT2D eigenvalue weighted by Gasteiger charge is 2.14. The fraction of sp³-hybridized carbons (Fsp3) is 0.714. The van der Waals surface area contributed by atoms with Crippen molar-refractivity contribution in [3.8, 4) is 0 Å². The van der Waals surface area contributed by atoms with Gasteiger partial charge in [-0.2, -0.15) is 0 Å². The summed E-state index contributed by atoms with van der Waals surface area (Å²) in [5.41, 5.74) is 6.43. The number of hydrogen-bond acceptors (Lipinski definition) is 5. The molecule has 1 unspecified atom stereocenters. The molecule has 0 aliphatic rings. The van der Waals surface area contributed by atoms with Gasteiger partial charge in [-0.3, -0.25) is 4.79 Å². The molecule has 0 saturated heterocycles. The summed E-state index contributed by atoms with van der Waals surface area (Å²) in [6, 6.07) is 1.91. The van der Waals surface area contributed by atoms with Gasteiger partial charge >= 0.3 is 0 Å². The highest BCUT2D eigenvalue weighted by molar-refractivity contribution is 5.76. The molecule has 0 aliphatic carbocycles. The first kappa shape index (κ1) is 16.7. The zero-order valence-corrected chi connectivity index (χ0v) is 12.5. The standard InChI is InChI=1S/C14H25N3O3/c1-4-10(5-2)13-6-12(20-17-13)9-16-14(18)7-11(8-15)19-3/h6,10-11H,4-5,7-9,15H2,1-3H3,(H,16,18). The lowest BCUT2D eigenvalue weighted by atomic mass is 9.99. The normalized spacial score (nSPS) is 12.7. The molecule has 20 heavy (non-hydrogen) atoms.